The maximum Gasteiger partial charge on any atom is 0.132 e. The zero-order chi connectivity index (χ0) is 45.1. The van der Waals surface area contributed by atoms with Gasteiger partial charge in [-0.15, -0.1) is 11.3 Å². The predicted molar refractivity (Wildman–Crippen MR) is 287 cm³/mol. The van der Waals surface area contributed by atoms with Crippen LogP contribution in [-0.2, 0) is 5.41 Å². The standard InChI is InChI=1S/C64H42N2OS/c1-3-4-30-61-40(2)51-37-43(33-36-62(51)68-61)66-57-26-10-7-21-48(57)49-35-32-45(39-58(49)66)65(56-27-15-17-41-16-5-6-20-46(41)56)44-31-34-47-50-22-13-18-42-19-14-25-54(63(42)50)64(55(47)38-44)52-23-8-11-28-59(52)67-60-29-12-9-24-53(60)64/h3-39H,1H2,2H3/b30-4-. The molecule has 4 heteroatoms. The van der Waals surface area contributed by atoms with Crippen LogP contribution in [0.25, 0.3) is 76.3 Å². The molecule has 1 aliphatic heterocycles. The van der Waals surface area contributed by atoms with Crippen LogP contribution in [-0.4, -0.2) is 4.57 Å². The third-order valence-electron chi connectivity index (χ3n) is 14.6. The Morgan fingerprint density at radius 1 is 0.529 bits per heavy atom. The van der Waals surface area contributed by atoms with Gasteiger partial charge in [-0.25, -0.2) is 0 Å². The zero-order valence-electron chi connectivity index (χ0n) is 37.3. The van der Waals surface area contributed by atoms with Gasteiger partial charge in [-0.05, 0) is 129 Å². The van der Waals surface area contributed by atoms with E-state index in [1.54, 1.807) is 0 Å². The Morgan fingerprint density at radius 3 is 2.03 bits per heavy atom. The quantitative estimate of drug-likeness (QED) is 0.155. The molecule has 10 aromatic carbocycles. The highest BCUT2D eigenvalue weighted by atomic mass is 32.1. The van der Waals surface area contributed by atoms with Crippen molar-refractivity contribution in [1.29, 1.82) is 0 Å². The van der Waals surface area contributed by atoms with Gasteiger partial charge < -0.3 is 14.2 Å². The highest BCUT2D eigenvalue weighted by molar-refractivity contribution is 7.20. The third kappa shape index (κ3) is 5.41. The van der Waals surface area contributed by atoms with E-state index >= 15 is 0 Å². The van der Waals surface area contributed by atoms with Crippen molar-refractivity contribution in [2.75, 3.05) is 4.90 Å². The molecule has 3 heterocycles. The second kappa shape index (κ2) is 14.8. The number of rotatable bonds is 6. The van der Waals surface area contributed by atoms with Crippen molar-refractivity contribution in [2.24, 2.45) is 0 Å². The number of para-hydroxylation sites is 3. The van der Waals surface area contributed by atoms with Crippen LogP contribution in [0.15, 0.2) is 225 Å². The van der Waals surface area contributed by atoms with Gasteiger partial charge in [0.15, 0.2) is 0 Å². The maximum atomic E-state index is 6.81. The highest BCUT2D eigenvalue weighted by Crippen LogP contribution is 2.62. The van der Waals surface area contributed by atoms with Gasteiger partial charge >= 0.3 is 0 Å². The molecule has 0 unspecified atom stereocenters. The van der Waals surface area contributed by atoms with E-state index in [4.69, 9.17) is 4.74 Å². The van der Waals surface area contributed by atoms with Gasteiger partial charge in [0.25, 0.3) is 0 Å². The van der Waals surface area contributed by atoms with Crippen molar-refractivity contribution >= 4 is 87.9 Å². The number of thiophene rings is 1. The molecular formula is C64H42N2OS. The molecule has 3 nitrogen and oxygen atoms in total. The van der Waals surface area contributed by atoms with Gasteiger partial charge in [0.05, 0.1) is 22.1 Å². The number of ether oxygens (including phenoxy) is 1. The lowest BCUT2D eigenvalue weighted by Gasteiger charge is -2.45. The van der Waals surface area contributed by atoms with Gasteiger partial charge in [-0.1, -0.05) is 158 Å². The fraction of sp³-hybridized carbons (Fsp3) is 0.0312. The molecule has 0 atom stereocenters. The molecule has 2 aromatic heterocycles. The minimum Gasteiger partial charge on any atom is -0.457 e. The fourth-order valence-corrected chi connectivity index (χ4v) is 12.8. The van der Waals surface area contributed by atoms with Crippen LogP contribution in [0.3, 0.4) is 0 Å². The molecule has 1 aliphatic carbocycles. The number of aromatic nitrogens is 1. The molecule has 0 N–H and O–H groups in total. The summed E-state index contributed by atoms with van der Waals surface area (Å²) in [6.07, 6.45) is 6.04. The maximum absolute atomic E-state index is 6.81. The Labute approximate surface area is 398 Å². The summed E-state index contributed by atoms with van der Waals surface area (Å²) in [6.45, 7) is 6.15. The molecule has 0 saturated carbocycles. The molecule has 0 amide bonds. The van der Waals surface area contributed by atoms with Gasteiger partial charge in [0, 0.05) is 53.9 Å². The van der Waals surface area contributed by atoms with Crippen LogP contribution in [0.1, 0.15) is 32.7 Å². The van der Waals surface area contributed by atoms with Crippen molar-refractivity contribution in [2.45, 2.75) is 12.3 Å². The van der Waals surface area contributed by atoms with E-state index in [2.05, 4.69) is 235 Å². The number of benzene rings is 10. The van der Waals surface area contributed by atoms with E-state index in [1.807, 2.05) is 23.5 Å². The molecule has 320 valence electrons. The Bertz CT molecular complexity index is 4070. The minimum atomic E-state index is -0.675. The van der Waals surface area contributed by atoms with Crippen LogP contribution in [0.4, 0.5) is 17.1 Å². The number of allylic oxidation sites excluding steroid dienone is 2. The van der Waals surface area contributed by atoms with E-state index in [0.717, 1.165) is 50.9 Å². The van der Waals surface area contributed by atoms with E-state index in [-0.39, 0.29) is 0 Å². The van der Waals surface area contributed by atoms with Gasteiger partial charge in [-0.3, -0.25) is 0 Å². The Kier molecular flexibility index (Phi) is 8.43. The Hall–Kier alpha value is -8.44. The van der Waals surface area contributed by atoms with Crippen molar-refractivity contribution in [3.63, 3.8) is 0 Å². The molecule has 68 heavy (non-hydrogen) atoms. The molecule has 0 bridgehead atoms. The average molecular weight is 887 g/mol. The van der Waals surface area contributed by atoms with Crippen LogP contribution in [0.2, 0.25) is 0 Å². The Balaban J connectivity index is 1.06. The minimum absolute atomic E-state index is 0.675. The lowest BCUT2D eigenvalue weighted by molar-refractivity contribution is 0.435. The van der Waals surface area contributed by atoms with Crippen LogP contribution in [0.5, 0.6) is 11.5 Å². The van der Waals surface area contributed by atoms with Gasteiger partial charge in [-0.2, -0.15) is 0 Å². The highest BCUT2D eigenvalue weighted by Gasteiger charge is 2.49. The Morgan fingerprint density at radius 2 is 1.19 bits per heavy atom. The van der Waals surface area contributed by atoms with Crippen LogP contribution in [0, 0.1) is 6.92 Å². The largest absolute Gasteiger partial charge is 0.457 e. The normalized spacial score (nSPS) is 13.3. The first-order valence-electron chi connectivity index (χ1n) is 23.3. The summed E-state index contributed by atoms with van der Waals surface area (Å²) in [5.74, 6) is 1.76. The third-order valence-corrected chi connectivity index (χ3v) is 15.8. The van der Waals surface area contributed by atoms with E-state index < -0.39 is 5.41 Å². The van der Waals surface area contributed by atoms with E-state index in [1.165, 1.54) is 80.6 Å². The zero-order valence-corrected chi connectivity index (χ0v) is 38.1. The van der Waals surface area contributed by atoms with Crippen molar-refractivity contribution < 1.29 is 4.74 Å². The van der Waals surface area contributed by atoms with Crippen LogP contribution >= 0.6 is 11.3 Å². The monoisotopic (exact) mass is 886 g/mol. The molecular weight excluding hydrogens is 845 g/mol. The summed E-state index contributed by atoms with van der Waals surface area (Å²) in [7, 11) is 0. The molecule has 12 aromatic rings. The summed E-state index contributed by atoms with van der Waals surface area (Å²) in [6, 6.07) is 76.4. The average Bonchev–Trinajstić information content (AvgIpc) is 3.89. The predicted octanol–water partition coefficient (Wildman–Crippen LogP) is 17.8. The molecule has 0 fully saturated rings. The summed E-state index contributed by atoms with van der Waals surface area (Å²) in [5.41, 5.74) is 14.6. The lowest BCUT2D eigenvalue weighted by atomic mass is 9.58. The molecule has 14 rings (SSSR count). The first-order chi connectivity index (χ1) is 33.6. The lowest BCUT2D eigenvalue weighted by Crippen LogP contribution is -2.36. The summed E-state index contributed by atoms with van der Waals surface area (Å²) in [4.78, 5) is 3.74. The number of aryl methyl sites for hydroxylation is 1. The molecule has 0 saturated heterocycles. The first-order valence-corrected chi connectivity index (χ1v) is 24.1. The molecule has 2 aliphatic rings. The topological polar surface area (TPSA) is 17.4 Å². The van der Waals surface area contributed by atoms with Crippen molar-refractivity contribution in [3.05, 3.63) is 258 Å². The van der Waals surface area contributed by atoms with E-state index in [9.17, 15) is 0 Å². The SMILES string of the molecule is C=C/C=C\c1sc2ccc(-n3c4ccccc4c4ccc(N(c5ccc6c(c5)C5(c7ccccc7Oc7ccccc75)c5cccc7cccc-6c57)c5cccc6ccccc56)cc43)cc2c1C. The second-order valence-corrected chi connectivity index (χ2v) is 19.1. The summed E-state index contributed by atoms with van der Waals surface area (Å²) in [5, 5.41) is 8.59. The van der Waals surface area contributed by atoms with E-state index in [0.29, 0.717) is 0 Å². The smallest absolute Gasteiger partial charge is 0.132 e. The fourth-order valence-electron chi connectivity index (χ4n) is 11.7. The molecule has 1 spiro atoms. The van der Waals surface area contributed by atoms with Crippen molar-refractivity contribution in [3.8, 4) is 28.3 Å². The number of fused-ring (bicyclic) bond motifs is 13. The summed E-state index contributed by atoms with van der Waals surface area (Å²) >= 11 is 1.83. The van der Waals surface area contributed by atoms with Crippen molar-refractivity contribution in [1.82, 2.24) is 4.57 Å². The number of hydrogen-bond acceptors (Lipinski definition) is 3. The number of anilines is 3. The number of hydrogen-bond donors (Lipinski definition) is 0. The van der Waals surface area contributed by atoms with Gasteiger partial charge in [0.1, 0.15) is 11.5 Å². The number of nitrogens with zero attached hydrogens (tertiary/aromatic N) is 2. The summed E-state index contributed by atoms with van der Waals surface area (Å²) < 4.78 is 10.5. The van der Waals surface area contributed by atoms with Gasteiger partial charge in [0.2, 0.25) is 0 Å². The second-order valence-electron chi connectivity index (χ2n) is 18.0. The first kappa shape index (κ1) is 38.8. The van der Waals surface area contributed by atoms with Crippen LogP contribution < -0.4 is 9.64 Å². The molecule has 0 radical (unpaired) electrons.